The normalized spacial score (nSPS) is 10.7. The van der Waals surface area contributed by atoms with Crippen LogP contribution in [0.4, 0.5) is 4.79 Å². The van der Waals surface area contributed by atoms with Gasteiger partial charge in [0.1, 0.15) is 0 Å². The van der Waals surface area contributed by atoms with Gasteiger partial charge >= 0.3 is 12.0 Å². The van der Waals surface area contributed by atoms with Crippen molar-refractivity contribution >= 4 is 12.0 Å². The number of nitrogens with zero attached hydrogens (tertiary/aromatic N) is 3. The van der Waals surface area contributed by atoms with Gasteiger partial charge in [-0.05, 0) is 27.7 Å². The van der Waals surface area contributed by atoms with Crippen LogP contribution < -0.4 is 0 Å². The van der Waals surface area contributed by atoms with E-state index >= 15 is 0 Å². The lowest BCUT2D eigenvalue weighted by Crippen LogP contribution is -2.52. The molecule has 1 N–H and O–H groups in total. The zero-order chi connectivity index (χ0) is 15.1. The lowest BCUT2D eigenvalue weighted by molar-refractivity contribution is -0.137. The predicted octanol–water partition coefficient (Wildman–Crippen LogP) is 1.92. The van der Waals surface area contributed by atoms with Gasteiger partial charge in [-0.1, -0.05) is 0 Å². The molecule has 0 aromatic heterocycles. The van der Waals surface area contributed by atoms with Crippen LogP contribution in [0.15, 0.2) is 0 Å². The van der Waals surface area contributed by atoms with Gasteiger partial charge in [-0.15, -0.1) is 0 Å². The van der Waals surface area contributed by atoms with E-state index in [2.05, 4.69) is 0 Å². The summed E-state index contributed by atoms with van der Waals surface area (Å²) in [6, 6.07) is 1.79. The minimum atomic E-state index is -0.929. The summed E-state index contributed by atoms with van der Waals surface area (Å²) in [6.45, 7) is 8.47. The number of carbonyl (C=O) groups is 2. The van der Waals surface area contributed by atoms with E-state index in [4.69, 9.17) is 10.4 Å². The summed E-state index contributed by atoms with van der Waals surface area (Å²) in [7, 11) is 0. The number of aliphatic carboxylic acids is 1. The van der Waals surface area contributed by atoms with Crippen molar-refractivity contribution in [3.63, 3.8) is 0 Å². The van der Waals surface area contributed by atoms with E-state index in [1.165, 1.54) is 0 Å². The van der Waals surface area contributed by atoms with Gasteiger partial charge in [0.25, 0.3) is 0 Å². The molecule has 0 rings (SSSR count). The molecule has 0 aromatic rings. The number of carboxylic acids is 1. The van der Waals surface area contributed by atoms with Crippen LogP contribution in [-0.2, 0) is 4.79 Å². The van der Waals surface area contributed by atoms with Crippen LogP contribution in [0.1, 0.15) is 40.5 Å². The van der Waals surface area contributed by atoms with E-state index < -0.39 is 11.5 Å². The summed E-state index contributed by atoms with van der Waals surface area (Å²) in [4.78, 5) is 26.2. The molecule has 0 aliphatic rings. The molecule has 0 spiro atoms. The average molecular weight is 269 g/mol. The van der Waals surface area contributed by atoms with Gasteiger partial charge in [0.05, 0.1) is 18.9 Å². The number of hydrogen-bond donors (Lipinski definition) is 1. The molecule has 0 atom stereocenters. The third-order valence-electron chi connectivity index (χ3n) is 2.74. The summed E-state index contributed by atoms with van der Waals surface area (Å²) in [5, 5.41) is 17.3. The Morgan fingerprint density at radius 2 is 1.84 bits per heavy atom. The maximum absolute atomic E-state index is 12.4. The zero-order valence-corrected chi connectivity index (χ0v) is 12.1. The van der Waals surface area contributed by atoms with Crippen LogP contribution in [0.2, 0.25) is 0 Å². The van der Waals surface area contributed by atoms with Gasteiger partial charge in [-0.3, -0.25) is 4.79 Å². The Hall–Kier alpha value is -1.77. The molecule has 0 saturated carbocycles. The summed E-state index contributed by atoms with van der Waals surface area (Å²) in [6.07, 6.45) is 0.190. The molecule has 0 radical (unpaired) electrons. The molecule has 0 bridgehead atoms. The Morgan fingerprint density at radius 3 is 2.21 bits per heavy atom. The second-order valence-electron chi connectivity index (χ2n) is 5.24. The van der Waals surface area contributed by atoms with Gasteiger partial charge in [0.2, 0.25) is 0 Å². The summed E-state index contributed by atoms with van der Waals surface area (Å²) in [5.41, 5.74) is -0.452. The Morgan fingerprint density at radius 1 is 1.26 bits per heavy atom. The Kier molecular flexibility index (Phi) is 6.91. The molecule has 6 nitrogen and oxygen atoms in total. The molecule has 108 valence electrons. The summed E-state index contributed by atoms with van der Waals surface area (Å²) < 4.78 is 0. The zero-order valence-electron chi connectivity index (χ0n) is 12.1. The van der Waals surface area contributed by atoms with Gasteiger partial charge in [0.15, 0.2) is 0 Å². The first kappa shape index (κ1) is 17.2. The molecule has 0 unspecified atom stereocenters. The van der Waals surface area contributed by atoms with Crippen LogP contribution >= 0.6 is 0 Å². The minimum Gasteiger partial charge on any atom is -0.481 e. The second-order valence-corrected chi connectivity index (χ2v) is 5.24. The fraction of sp³-hybridized carbons (Fsp3) is 0.769. The van der Waals surface area contributed by atoms with Crippen molar-refractivity contribution in [2.24, 2.45) is 0 Å². The second kappa shape index (κ2) is 7.62. The first-order chi connectivity index (χ1) is 8.73. The van der Waals surface area contributed by atoms with Crippen molar-refractivity contribution < 1.29 is 14.7 Å². The molecule has 19 heavy (non-hydrogen) atoms. The third kappa shape index (κ3) is 6.09. The van der Waals surface area contributed by atoms with Gasteiger partial charge in [-0.2, -0.15) is 5.26 Å². The van der Waals surface area contributed by atoms with Gasteiger partial charge < -0.3 is 14.9 Å². The molecule has 0 heterocycles. The number of carbonyl (C=O) groups excluding carboxylic acids is 1. The lowest BCUT2D eigenvalue weighted by Gasteiger charge is -2.38. The van der Waals surface area contributed by atoms with E-state index in [0.717, 1.165) is 0 Å². The standard InChI is InChI=1S/C13H23N3O3/c1-5-15(9-6-8-14)12(19)16(13(2,3)4)10-7-11(17)18/h5-7,9-10H2,1-4H3,(H,17,18). The van der Waals surface area contributed by atoms with Crippen LogP contribution in [-0.4, -0.2) is 52.1 Å². The number of rotatable bonds is 6. The minimum absolute atomic E-state index is 0.0845. The average Bonchev–Trinajstić information content (AvgIpc) is 2.28. The first-order valence-electron chi connectivity index (χ1n) is 6.39. The Balaban J connectivity index is 4.87. The van der Waals surface area contributed by atoms with E-state index in [9.17, 15) is 9.59 Å². The van der Waals surface area contributed by atoms with E-state index in [1.54, 1.807) is 9.80 Å². The van der Waals surface area contributed by atoms with Crippen molar-refractivity contribution in [1.82, 2.24) is 9.80 Å². The number of urea groups is 1. The molecular weight excluding hydrogens is 246 g/mol. The number of carboxylic acid groups (broad SMARTS) is 1. The smallest absolute Gasteiger partial charge is 0.320 e. The highest BCUT2D eigenvalue weighted by Crippen LogP contribution is 2.16. The molecule has 0 aliphatic carbocycles. The fourth-order valence-corrected chi connectivity index (χ4v) is 1.67. The molecule has 6 heteroatoms. The number of amides is 2. The van der Waals surface area contributed by atoms with Crippen LogP contribution in [0.3, 0.4) is 0 Å². The Labute approximate surface area is 114 Å². The topological polar surface area (TPSA) is 84.6 Å². The van der Waals surface area contributed by atoms with Gasteiger partial charge in [0, 0.05) is 25.2 Å². The summed E-state index contributed by atoms with van der Waals surface area (Å²) in [5.74, 6) is -0.929. The Bertz CT molecular complexity index is 355. The largest absolute Gasteiger partial charge is 0.481 e. The molecule has 0 saturated heterocycles. The highest BCUT2D eigenvalue weighted by molar-refractivity contribution is 5.76. The van der Waals surface area contributed by atoms with Gasteiger partial charge in [-0.25, -0.2) is 4.79 Å². The predicted molar refractivity (Wildman–Crippen MR) is 71.6 cm³/mol. The first-order valence-corrected chi connectivity index (χ1v) is 6.39. The fourth-order valence-electron chi connectivity index (χ4n) is 1.67. The van der Waals surface area contributed by atoms with E-state index in [0.29, 0.717) is 13.1 Å². The SMILES string of the molecule is CCN(CCC#N)C(=O)N(CCC(=O)O)C(C)(C)C. The van der Waals surface area contributed by atoms with E-state index in [1.807, 2.05) is 33.8 Å². The molecule has 2 amide bonds. The maximum Gasteiger partial charge on any atom is 0.320 e. The third-order valence-corrected chi connectivity index (χ3v) is 2.74. The van der Waals surface area contributed by atoms with Crippen molar-refractivity contribution in [3.05, 3.63) is 0 Å². The summed E-state index contributed by atoms with van der Waals surface area (Å²) >= 11 is 0. The van der Waals surface area contributed by atoms with Crippen LogP contribution in [0, 0.1) is 11.3 Å². The highest BCUT2D eigenvalue weighted by Gasteiger charge is 2.29. The molecule has 0 aromatic carbocycles. The quantitative estimate of drug-likeness (QED) is 0.798. The number of hydrogen-bond acceptors (Lipinski definition) is 3. The lowest BCUT2D eigenvalue weighted by atomic mass is 10.1. The molecule has 0 fully saturated rings. The van der Waals surface area contributed by atoms with E-state index in [-0.39, 0.29) is 25.4 Å². The van der Waals surface area contributed by atoms with Crippen molar-refractivity contribution in [1.29, 1.82) is 5.26 Å². The molecule has 0 aliphatic heterocycles. The number of nitriles is 1. The van der Waals surface area contributed by atoms with Crippen molar-refractivity contribution in [2.75, 3.05) is 19.6 Å². The van der Waals surface area contributed by atoms with Crippen LogP contribution in [0.25, 0.3) is 0 Å². The van der Waals surface area contributed by atoms with Crippen LogP contribution in [0.5, 0.6) is 0 Å². The highest BCUT2D eigenvalue weighted by atomic mass is 16.4. The van der Waals surface area contributed by atoms with Crippen molar-refractivity contribution in [3.8, 4) is 6.07 Å². The van der Waals surface area contributed by atoms with Crippen molar-refractivity contribution in [2.45, 2.75) is 46.1 Å². The monoisotopic (exact) mass is 269 g/mol. The maximum atomic E-state index is 12.4. The molecular formula is C13H23N3O3.